The average Bonchev–Trinajstić information content (AvgIpc) is 3.02. The van der Waals surface area contributed by atoms with E-state index in [9.17, 15) is 4.79 Å². The molecule has 0 aliphatic rings. The zero-order valence-corrected chi connectivity index (χ0v) is 16.1. The molecule has 1 atom stereocenters. The van der Waals surface area contributed by atoms with E-state index in [4.69, 9.17) is 9.47 Å². The number of fused-ring (bicyclic) bond motifs is 1. The maximum Gasteiger partial charge on any atom is 0.253 e. The number of carbonyl (C=O) groups excluding carboxylic acids is 1. The standard InChI is InChI=1S/C18H20N4O3S/c1-10-8-11(2)22-17(19-10)20-18(21-22)26-12(3)16(23)13-6-7-14(24-4)15(9-13)25-5/h6-9,12H,1-5H3/t12-/m1/s1. The lowest BCUT2D eigenvalue weighted by atomic mass is 10.1. The maximum atomic E-state index is 12.8. The fraction of sp³-hybridized carbons (Fsp3) is 0.333. The van der Waals surface area contributed by atoms with Crippen LogP contribution in [0.3, 0.4) is 0 Å². The lowest BCUT2D eigenvalue weighted by molar-refractivity contribution is 0.0993. The minimum atomic E-state index is -0.355. The number of ketones is 1. The van der Waals surface area contributed by atoms with Crippen molar-refractivity contribution in [3.63, 3.8) is 0 Å². The Bertz CT molecular complexity index is 970. The summed E-state index contributed by atoms with van der Waals surface area (Å²) in [6.45, 7) is 5.70. The van der Waals surface area contributed by atoms with Crippen LogP contribution in [0, 0.1) is 13.8 Å². The summed E-state index contributed by atoms with van der Waals surface area (Å²) in [6.07, 6.45) is 0. The van der Waals surface area contributed by atoms with Gasteiger partial charge in [0.1, 0.15) is 0 Å². The first kappa shape index (κ1) is 18.2. The second-order valence-corrected chi connectivity index (χ2v) is 7.15. The van der Waals surface area contributed by atoms with Crippen molar-refractivity contribution in [2.75, 3.05) is 14.2 Å². The maximum absolute atomic E-state index is 12.8. The van der Waals surface area contributed by atoms with Gasteiger partial charge >= 0.3 is 0 Å². The summed E-state index contributed by atoms with van der Waals surface area (Å²) in [7, 11) is 3.10. The number of benzene rings is 1. The van der Waals surface area contributed by atoms with Gasteiger partial charge in [-0.05, 0) is 45.0 Å². The van der Waals surface area contributed by atoms with Gasteiger partial charge in [-0.2, -0.15) is 4.98 Å². The zero-order chi connectivity index (χ0) is 18.8. The van der Waals surface area contributed by atoms with Crippen LogP contribution in [-0.2, 0) is 0 Å². The molecule has 0 radical (unpaired) electrons. The first-order valence-electron chi connectivity index (χ1n) is 8.07. The fourth-order valence-corrected chi connectivity index (χ4v) is 3.46. The van der Waals surface area contributed by atoms with Gasteiger partial charge in [0.05, 0.1) is 19.5 Å². The van der Waals surface area contributed by atoms with Gasteiger partial charge in [-0.1, -0.05) is 11.8 Å². The molecule has 0 aliphatic carbocycles. The number of hydrogen-bond donors (Lipinski definition) is 0. The highest BCUT2D eigenvalue weighted by molar-refractivity contribution is 8.00. The van der Waals surface area contributed by atoms with E-state index in [1.54, 1.807) is 36.9 Å². The third-order valence-corrected chi connectivity index (χ3v) is 4.87. The molecule has 1 aromatic carbocycles. The summed E-state index contributed by atoms with van der Waals surface area (Å²) in [5.74, 6) is 1.62. The number of nitrogens with zero attached hydrogens (tertiary/aromatic N) is 4. The van der Waals surface area contributed by atoms with Crippen LogP contribution in [0.25, 0.3) is 5.78 Å². The van der Waals surface area contributed by atoms with Gasteiger partial charge in [0.2, 0.25) is 5.16 Å². The summed E-state index contributed by atoms with van der Waals surface area (Å²) in [6, 6.07) is 7.08. The predicted octanol–water partition coefficient (Wildman–Crippen LogP) is 3.12. The number of aryl methyl sites for hydroxylation is 2. The third kappa shape index (κ3) is 3.50. The second kappa shape index (κ2) is 7.33. The van der Waals surface area contributed by atoms with Crippen molar-refractivity contribution in [1.82, 2.24) is 19.6 Å². The van der Waals surface area contributed by atoms with Gasteiger partial charge in [-0.3, -0.25) is 4.79 Å². The summed E-state index contributed by atoms with van der Waals surface area (Å²) < 4.78 is 12.2. The molecule has 0 N–H and O–H groups in total. The average molecular weight is 372 g/mol. The van der Waals surface area contributed by atoms with E-state index in [0.717, 1.165) is 11.4 Å². The van der Waals surface area contributed by atoms with E-state index in [2.05, 4.69) is 15.1 Å². The molecule has 0 aliphatic heterocycles. The number of aromatic nitrogens is 4. The van der Waals surface area contributed by atoms with E-state index in [0.29, 0.717) is 28.0 Å². The Labute approximate surface area is 155 Å². The SMILES string of the molecule is COc1ccc(C(=O)[C@@H](C)Sc2nc3nc(C)cc(C)n3n2)cc1OC. The molecule has 8 heteroatoms. The number of ether oxygens (including phenoxy) is 2. The van der Waals surface area contributed by atoms with Gasteiger partial charge in [0.15, 0.2) is 17.3 Å². The Morgan fingerprint density at radius 3 is 2.54 bits per heavy atom. The van der Waals surface area contributed by atoms with E-state index in [1.165, 1.54) is 11.8 Å². The molecule has 0 spiro atoms. The van der Waals surface area contributed by atoms with Crippen molar-refractivity contribution in [1.29, 1.82) is 0 Å². The predicted molar refractivity (Wildman–Crippen MR) is 99.5 cm³/mol. The molecule has 0 saturated heterocycles. The van der Waals surface area contributed by atoms with Crippen molar-refractivity contribution in [3.8, 4) is 11.5 Å². The van der Waals surface area contributed by atoms with Gasteiger partial charge < -0.3 is 9.47 Å². The lowest BCUT2D eigenvalue weighted by Gasteiger charge is -2.11. The third-order valence-electron chi connectivity index (χ3n) is 3.92. The molecule has 0 fully saturated rings. The van der Waals surface area contributed by atoms with Crippen molar-refractivity contribution in [2.45, 2.75) is 31.2 Å². The Kier molecular flexibility index (Phi) is 5.13. The molecule has 26 heavy (non-hydrogen) atoms. The Hall–Kier alpha value is -2.61. The van der Waals surface area contributed by atoms with Gasteiger partial charge in [-0.25, -0.2) is 9.50 Å². The van der Waals surface area contributed by atoms with Gasteiger partial charge in [0.25, 0.3) is 5.78 Å². The molecular formula is C18H20N4O3S. The van der Waals surface area contributed by atoms with E-state index < -0.39 is 0 Å². The summed E-state index contributed by atoms with van der Waals surface area (Å²) in [4.78, 5) is 21.5. The van der Waals surface area contributed by atoms with Gasteiger partial charge in [0, 0.05) is 17.0 Å². The van der Waals surface area contributed by atoms with Gasteiger partial charge in [-0.15, -0.1) is 5.10 Å². The number of carbonyl (C=O) groups is 1. The smallest absolute Gasteiger partial charge is 0.253 e. The molecule has 2 heterocycles. The number of rotatable bonds is 6. The van der Waals surface area contributed by atoms with Crippen molar-refractivity contribution >= 4 is 23.3 Å². The Morgan fingerprint density at radius 2 is 1.85 bits per heavy atom. The fourth-order valence-electron chi connectivity index (χ4n) is 2.63. The minimum Gasteiger partial charge on any atom is -0.493 e. The van der Waals surface area contributed by atoms with Crippen LogP contribution in [0.15, 0.2) is 29.4 Å². The van der Waals surface area contributed by atoms with Crippen LogP contribution >= 0.6 is 11.8 Å². The highest BCUT2D eigenvalue weighted by atomic mass is 32.2. The van der Waals surface area contributed by atoms with E-state index in [-0.39, 0.29) is 11.0 Å². The number of methoxy groups -OCH3 is 2. The molecular weight excluding hydrogens is 352 g/mol. The molecule has 3 rings (SSSR count). The Morgan fingerprint density at radius 1 is 1.12 bits per heavy atom. The quantitative estimate of drug-likeness (QED) is 0.486. The molecule has 7 nitrogen and oxygen atoms in total. The zero-order valence-electron chi connectivity index (χ0n) is 15.3. The van der Waals surface area contributed by atoms with Crippen LogP contribution in [0.4, 0.5) is 0 Å². The van der Waals surface area contributed by atoms with E-state index >= 15 is 0 Å². The van der Waals surface area contributed by atoms with E-state index in [1.807, 2.05) is 26.8 Å². The van der Waals surface area contributed by atoms with Crippen molar-refractivity contribution in [3.05, 3.63) is 41.2 Å². The molecule has 0 bridgehead atoms. The van der Waals surface area contributed by atoms with Crippen LogP contribution in [0.1, 0.15) is 28.7 Å². The molecule has 0 unspecified atom stereocenters. The molecule has 0 amide bonds. The Balaban J connectivity index is 1.82. The number of Topliss-reactive ketones (excluding diaryl/α,β-unsaturated/α-hetero) is 1. The second-order valence-electron chi connectivity index (χ2n) is 5.84. The monoisotopic (exact) mass is 372 g/mol. The molecule has 0 saturated carbocycles. The largest absolute Gasteiger partial charge is 0.493 e. The van der Waals surface area contributed by atoms with Crippen LogP contribution in [0.2, 0.25) is 0 Å². The molecule has 136 valence electrons. The van der Waals surface area contributed by atoms with Crippen molar-refractivity contribution < 1.29 is 14.3 Å². The summed E-state index contributed by atoms with van der Waals surface area (Å²) >= 11 is 1.31. The summed E-state index contributed by atoms with van der Waals surface area (Å²) in [5, 5.41) is 4.61. The van der Waals surface area contributed by atoms with Crippen LogP contribution in [0.5, 0.6) is 11.5 Å². The normalized spacial score (nSPS) is 12.2. The first-order chi connectivity index (χ1) is 12.4. The minimum absolute atomic E-state index is 0.0318. The number of thioether (sulfide) groups is 1. The molecule has 2 aromatic heterocycles. The van der Waals surface area contributed by atoms with Crippen LogP contribution < -0.4 is 9.47 Å². The summed E-state index contributed by atoms with van der Waals surface area (Å²) in [5.41, 5.74) is 2.38. The molecule has 3 aromatic rings. The highest BCUT2D eigenvalue weighted by Crippen LogP contribution is 2.30. The highest BCUT2D eigenvalue weighted by Gasteiger charge is 2.21. The first-order valence-corrected chi connectivity index (χ1v) is 8.95. The topological polar surface area (TPSA) is 78.6 Å². The lowest BCUT2D eigenvalue weighted by Crippen LogP contribution is -2.14. The van der Waals surface area contributed by atoms with Crippen LogP contribution in [-0.4, -0.2) is 44.8 Å². The van der Waals surface area contributed by atoms with Crippen molar-refractivity contribution in [2.24, 2.45) is 0 Å². The number of hydrogen-bond acceptors (Lipinski definition) is 7.